The summed E-state index contributed by atoms with van der Waals surface area (Å²) >= 11 is 0. The van der Waals surface area contributed by atoms with Crippen LogP contribution < -0.4 is 10.1 Å². The highest BCUT2D eigenvalue weighted by Crippen LogP contribution is 2.11. The molecule has 2 heteroatoms. The number of nitrogens with one attached hydrogen (secondary N) is 1. The first-order valence-electron chi connectivity index (χ1n) is 7.79. The van der Waals surface area contributed by atoms with Gasteiger partial charge in [-0.25, -0.2) is 0 Å². The molecule has 0 heterocycles. The number of unbranched alkanes of at least 4 members (excludes halogenated alkanes) is 1. The van der Waals surface area contributed by atoms with E-state index in [9.17, 15) is 0 Å². The van der Waals surface area contributed by atoms with E-state index in [1.165, 1.54) is 11.1 Å². The maximum Gasteiger partial charge on any atom is 0.119 e. The maximum atomic E-state index is 5.71. The minimum atomic E-state index is 0.795. The second kappa shape index (κ2) is 9.19. The zero-order valence-corrected chi connectivity index (χ0v) is 12.8. The summed E-state index contributed by atoms with van der Waals surface area (Å²) in [5, 5.41) is 3.48. The van der Waals surface area contributed by atoms with Crippen molar-refractivity contribution in [3.63, 3.8) is 0 Å². The van der Waals surface area contributed by atoms with E-state index in [-0.39, 0.29) is 0 Å². The first kappa shape index (κ1) is 15.6. The van der Waals surface area contributed by atoms with Gasteiger partial charge in [-0.1, -0.05) is 48.0 Å². The van der Waals surface area contributed by atoms with E-state index < -0.39 is 0 Å². The van der Waals surface area contributed by atoms with Crippen LogP contribution in [0.2, 0.25) is 0 Å². The second-order valence-corrected chi connectivity index (χ2v) is 5.35. The van der Waals surface area contributed by atoms with Gasteiger partial charge in [-0.05, 0) is 57.0 Å². The van der Waals surface area contributed by atoms with Crippen molar-refractivity contribution in [2.24, 2.45) is 0 Å². The summed E-state index contributed by atoms with van der Waals surface area (Å²) in [6, 6.07) is 18.8. The number of hydrogen-bond donors (Lipinski definition) is 1. The smallest absolute Gasteiger partial charge is 0.119 e. The highest BCUT2D eigenvalue weighted by atomic mass is 16.5. The molecule has 0 aliphatic carbocycles. The third-order valence-electron chi connectivity index (χ3n) is 3.47. The van der Waals surface area contributed by atoms with Gasteiger partial charge in [0.25, 0.3) is 0 Å². The standard InChI is InChI=1S/C19H25NO/c1-17-9-11-19(12-10-17)21-16-6-5-14-20-15-13-18-7-3-2-4-8-18/h2-4,7-12,20H,5-6,13-16H2,1H3. The van der Waals surface area contributed by atoms with Crippen LogP contribution in [-0.4, -0.2) is 19.7 Å². The molecule has 0 amide bonds. The summed E-state index contributed by atoms with van der Waals surface area (Å²) in [6.45, 7) is 4.99. The van der Waals surface area contributed by atoms with E-state index in [4.69, 9.17) is 4.74 Å². The molecular weight excluding hydrogens is 258 g/mol. The van der Waals surface area contributed by atoms with Gasteiger partial charge >= 0.3 is 0 Å². The summed E-state index contributed by atoms with van der Waals surface area (Å²) < 4.78 is 5.71. The van der Waals surface area contributed by atoms with Crippen molar-refractivity contribution in [1.82, 2.24) is 5.32 Å². The summed E-state index contributed by atoms with van der Waals surface area (Å²) in [7, 11) is 0. The molecule has 1 N–H and O–H groups in total. The molecule has 0 bridgehead atoms. The molecule has 0 fully saturated rings. The van der Waals surface area contributed by atoms with Crippen LogP contribution in [-0.2, 0) is 6.42 Å². The lowest BCUT2D eigenvalue weighted by molar-refractivity contribution is 0.306. The second-order valence-electron chi connectivity index (χ2n) is 5.35. The van der Waals surface area contributed by atoms with E-state index in [0.717, 1.165) is 44.7 Å². The van der Waals surface area contributed by atoms with Crippen LogP contribution in [0.5, 0.6) is 5.75 Å². The molecule has 0 unspecified atom stereocenters. The molecule has 2 rings (SSSR count). The number of hydrogen-bond acceptors (Lipinski definition) is 2. The Kier molecular flexibility index (Phi) is 6.82. The largest absolute Gasteiger partial charge is 0.494 e. The normalized spacial score (nSPS) is 10.5. The van der Waals surface area contributed by atoms with Crippen LogP contribution >= 0.6 is 0 Å². The monoisotopic (exact) mass is 283 g/mol. The Labute approximate surface area is 128 Å². The van der Waals surface area contributed by atoms with Crippen LogP contribution in [0.3, 0.4) is 0 Å². The average Bonchev–Trinajstić information content (AvgIpc) is 2.53. The quantitative estimate of drug-likeness (QED) is 0.703. The minimum absolute atomic E-state index is 0.795. The molecule has 0 aliphatic heterocycles. The Bertz CT molecular complexity index is 493. The zero-order chi connectivity index (χ0) is 14.8. The van der Waals surface area contributed by atoms with Crippen molar-refractivity contribution in [2.75, 3.05) is 19.7 Å². The molecular formula is C19H25NO. The van der Waals surface area contributed by atoms with Gasteiger partial charge in [-0.15, -0.1) is 0 Å². The first-order valence-corrected chi connectivity index (χ1v) is 7.79. The molecule has 0 aliphatic rings. The van der Waals surface area contributed by atoms with Gasteiger partial charge in [0.15, 0.2) is 0 Å². The van der Waals surface area contributed by atoms with E-state index >= 15 is 0 Å². The van der Waals surface area contributed by atoms with Crippen LogP contribution in [0.4, 0.5) is 0 Å². The van der Waals surface area contributed by atoms with E-state index in [1.54, 1.807) is 0 Å². The summed E-state index contributed by atoms with van der Waals surface area (Å²) in [4.78, 5) is 0. The van der Waals surface area contributed by atoms with Crippen LogP contribution in [0, 0.1) is 6.92 Å². The Balaban J connectivity index is 1.46. The van der Waals surface area contributed by atoms with Gasteiger partial charge in [0, 0.05) is 0 Å². The summed E-state index contributed by atoms with van der Waals surface area (Å²) in [5.74, 6) is 0.970. The lowest BCUT2D eigenvalue weighted by atomic mass is 10.1. The van der Waals surface area contributed by atoms with Crippen molar-refractivity contribution in [3.8, 4) is 5.75 Å². The van der Waals surface area contributed by atoms with Gasteiger partial charge in [0.05, 0.1) is 6.61 Å². The van der Waals surface area contributed by atoms with Gasteiger partial charge in [0.1, 0.15) is 5.75 Å². The highest BCUT2D eigenvalue weighted by molar-refractivity contribution is 5.26. The maximum absolute atomic E-state index is 5.71. The Morgan fingerprint density at radius 2 is 1.62 bits per heavy atom. The van der Waals surface area contributed by atoms with Crippen molar-refractivity contribution < 1.29 is 4.74 Å². The van der Waals surface area contributed by atoms with Gasteiger partial charge in [0.2, 0.25) is 0 Å². The number of benzene rings is 2. The Morgan fingerprint density at radius 3 is 2.38 bits per heavy atom. The van der Waals surface area contributed by atoms with Crippen molar-refractivity contribution >= 4 is 0 Å². The summed E-state index contributed by atoms with van der Waals surface area (Å²) in [5.41, 5.74) is 2.66. The fourth-order valence-corrected chi connectivity index (χ4v) is 2.18. The lowest BCUT2D eigenvalue weighted by Gasteiger charge is -2.07. The SMILES string of the molecule is Cc1ccc(OCCCCNCCc2ccccc2)cc1. The molecule has 2 aromatic rings. The van der Waals surface area contributed by atoms with Crippen molar-refractivity contribution in [1.29, 1.82) is 0 Å². The highest BCUT2D eigenvalue weighted by Gasteiger charge is 1.94. The predicted octanol–water partition coefficient (Wildman–Crippen LogP) is 3.99. The lowest BCUT2D eigenvalue weighted by Crippen LogP contribution is -2.19. The topological polar surface area (TPSA) is 21.3 Å². The molecule has 0 spiro atoms. The third-order valence-corrected chi connectivity index (χ3v) is 3.47. The van der Waals surface area contributed by atoms with Crippen LogP contribution in [0.1, 0.15) is 24.0 Å². The average molecular weight is 283 g/mol. The molecule has 0 radical (unpaired) electrons. The summed E-state index contributed by atoms with van der Waals surface area (Å²) in [6.07, 6.45) is 3.34. The molecule has 0 saturated heterocycles. The van der Waals surface area contributed by atoms with Crippen LogP contribution in [0.15, 0.2) is 54.6 Å². The number of aryl methyl sites for hydroxylation is 1. The molecule has 2 aromatic carbocycles. The fraction of sp³-hybridized carbons (Fsp3) is 0.368. The van der Waals surface area contributed by atoms with Crippen molar-refractivity contribution in [3.05, 3.63) is 65.7 Å². The van der Waals surface area contributed by atoms with Gasteiger partial charge < -0.3 is 10.1 Å². The Morgan fingerprint density at radius 1 is 0.857 bits per heavy atom. The van der Waals surface area contributed by atoms with E-state index in [1.807, 2.05) is 12.1 Å². The van der Waals surface area contributed by atoms with E-state index in [0.29, 0.717) is 0 Å². The number of rotatable bonds is 9. The third kappa shape index (κ3) is 6.46. The molecule has 0 saturated carbocycles. The molecule has 21 heavy (non-hydrogen) atoms. The zero-order valence-electron chi connectivity index (χ0n) is 12.8. The van der Waals surface area contributed by atoms with Crippen LogP contribution in [0.25, 0.3) is 0 Å². The minimum Gasteiger partial charge on any atom is -0.494 e. The predicted molar refractivity (Wildman–Crippen MR) is 88.9 cm³/mol. The first-order chi connectivity index (χ1) is 10.3. The molecule has 0 atom stereocenters. The number of ether oxygens (including phenoxy) is 1. The Hall–Kier alpha value is -1.80. The fourth-order valence-electron chi connectivity index (χ4n) is 2.18. The van der Waals surface area contributed by atoms with E-state index in [2.05, 4.69) is 54.7 Å². The van der Waals surface area contributed by atoms with Gasteiger partial charge in [-0.2, -0.15) is 0 Å². The molecule has 2 nitrogen and oxygen atoms in total. The molecule has 112 valence electrons. The van der Waals surface area contributed by atoms with Gasteiger partial charge in [-0.3, -0.25) is 0 Å². The van der Waals surface area contributed by atoms with Crippen molar-refractivity contribution in [2.45, 2.75) is 26.2 Å². The molecule has 0 aromatic heterocycles.